The van der Waals surface area contributed by atoms with E-state index in [1.54, 1.807) is 26.4 Å². The van der Waals surface area contributed by atoms with Crippen molar-refractivity contribution in [3.63, 3.8) is 0 Å². The van der Waals surface area contributed by atoms with Gasteiger partial charge in [-0.15, -0.1) is 0 Å². The van der Waals surface area contributed by atoms with E-state index in [-0.39, 0.29) is 11.9 Å². The highest BCUT2D eigenvalue weighted by Crippen LogP contribution is 2.35. The molecule has 0 aliphatic heterocycles. The average molecular weight is 290 g/mol. The third-order valence-corrected chi connectivity index (χ3v) is 3.37. The van der Waals surface area contributed by atoms with E-state index in [2.05, 4.69) is 5.43 Å². The molecule has 0 amide bonds. The highest BCUT2D eigenvalue weighted by Gasteiger charge is 2.20. The summed E-state index contributed by atoms with van der Waals surface area (Å²) in [7, 11) is 3.20. The maximum atomic E-state index is 13.0. The first-order valence-electron chi connectivity index (χ1n) is 6.61. The minimum Gasteiger partial charge on any atom is -0.496 e. The Hall–Kier alpha value is -2.11. The lowest BCUT2D eigenvalue weighted by Gasteiger charge is -2.21. The molecule has 0 spiro atoms. The first-order chi connectivity index (χ1) is 10.2. The van der Waals surface area contributed by atoms with E-state index in [9.17, 15) is 4.39 Å². The van der Waals surface area contributed by atoms with Crippen LogP contribution in [0.25, 0.3) is 0 Å². The molecule has 112 valence electrons. The Balaban J connectivity index is 2.34. The molecule has 21 heavy (non-hydrogen) atoms. The second-order valence-electron chi connectivity index (χ2n) is 4.63. The number of hydrogen-bond donors (Lipinski definition) is 2. The van der Waals surface area contributed by atoms with Crippen LogP contribution in [-0.2, 0) is 6.42 Å². The van der Waals surface area contributed by atoms with E-state index in [1.807, 2.05) is 18.2 Å². The average Bonchev–Trinajstić information content (AvgIpc) is 2.53. The zero-order chi connectivity index (χ0) is 15.2. The van der Waals surface area contributed by atoms with Gasteiger partial charge in [-0.3, -0.25) is 11.3 Å². The van der Waals surface area contributed by atoms with Crippen molar-refractivity contribution in [2.45, 2.75) is 12.5 Å². The lowest BCUT2D eigenvalue weighted by Crippen LogP contribution is -2.30. The molecule has 5 heteroatoms. The molecule has 0 bridgehead atoms. The fourth-order valence-corrected chi connectivity index (χ4v) is 2.32. The van der Waals surface area contributed by atoms with Gasteiger partial charge < -0.3 is 9.47 Å². The maximum absolute atomic E-state index is 13.0. The van der Waals surface area contributed by atoms with Crippen molar-refractivity contribution < 1.29 is 13.9 Å². The third-order valence-electron chi connectivity index (χ3n) is 3.37. The standard InChI is InChI=1S/C16H19FN2O2/c1-20-14-4-3-5-15(21-2)16(14)13(19-18)10-11-6-8-12(17)9-7-11/h3-9,13,19H,10,18H2,1-2H3. The van der Waals surface area contributed by atoms with E-state index in [0.29, 0.717) is 17.9 Å². The van der Waals surface area contributed by atoms with E-state index in [1.165, 1.54) is 12.1 Å². The summed E-state index contributed by atoms with van der Waals surface area (Å²) < 4.78 is 23.8. The van der Waals surface area contributed by atoms with Gasteiger partial charge in [0.05, 0.1) is 25.8 Å². The van der Waals surface area contributed by atoms with Gasteiger partial charge in [-0.25, -0.2) is 4.39 Å². The topological polar surface area (TPSA) is 56.5 Å². The number of nitrogens with one attached hydrogen (secondary N) is 1. The van der Waals surface area contributed by atoms with Crippen LogP contribution in [0.5, 0.6) is 11.5 Å². The number of benzene rings is 2. The fraction of sp³-hybridized carbons (Fsp3) is 0.250. The second-order valence-corrected chi connectivity index (χ2v) is 4.63. The van der Waals surface area contributed by atoms with Gasteiger partial charge in [0.1, 0.15) is 17.3 Å². The van der Waals surface area contributed by atoms with E-state index >= 15 is 0 Å². The molecular formula is C16H19FN2O2. The number of hydrogen-bond acceptors (Lipinski definition) is 4. The van der Waals surface area contributed by atoms with Gasteiger partial charge in [0.15, 0.2) is 0 Å². The minimum atomic E-state index is -0.258. The zero-order valence-corrected chi connectivity index (χ0v) is 12.1. The zero-order valence-electron chi connectivity index (χ0n) is 12.1. The van der Waals surface area contributed by atoms with Crippen molar-refractivity contribution >= 4 is 0 Å². The number of methoxy groups -OCH3 is 2. The van der Waals surface area contributed by atoms with Gasteiger partial charge in [0.2, 0.25) is 0 Å². The van der Waals surface area contributed by atoms with Crippen LogP contribution in [0.3, 0.4) is 0 Å². The van der Waals surface area contributed by atoms with E-state index in [0.717, 1.165) is 11.1 Å². The van der Waals surface area contributed by atoms with Crippen LogP contribution in [0, 0.1) is 5.82 Å². The number of ether oxygens (including phenoxy) is 2. The number of nitrogens with two attached hydrogens (primary N) is 1. The number of halogens is 1. The lowest BCUT2D eigenvalue weighted by atomic mass is 9.97. The van der Waals surface area contributed by atoms with Crippen molar-refractivity contribution in [3.05, 3.63) is 59.4 Å². The molecule has 2 aromatic carbocycles. The Labute approximate surface area is 123 Å². The first kappa shape index (κ1) is 15.3. The van der Waals surface area contributed by atoms with Gasteiger partial charge in [-0.1, -0.05) is 18.2 Å². The monoisotopic (exact) mass is 290 g/mol. The summed E-state index contributed by atoms with van der Waals surface area (Å²) in [5, 5.41) is 0. The van der Waals surface area contributed by atoms with Crippen LogP contribution in [0.4, 0.5) is 4.39 Å². The minimum absolute atomic E-state index is 0.207. The highest BCUT2D eigenvalue weighted by molar-refractivity contribution is 5.47. The number of rotatable bonds is 6. The summed E-state index contributed by atoms with van der Waals surface area (Å²) in [5.41, 5.74) is 4.58. The molecule has 4 nitrogen and oxygen atoms in total. The molecule has 0 heterocycles. The Morgan fingerprint density at radius 1 is 1.05 bits per heavy atom. The van der Waals surface area contributed by atoms with Crippen molar-refractivity contribution in [1.82, 2.24) is 5.43 Å². The molecule has 0 fully saturated rings. The summed E-state index contributed by atoms with van der Waals surface area (Å²) in [6, 6.07) is 11.7. The van der Waals surface area contributed by atoms with E-state index < -0.39 is 0 Å². The largest absolute Gasteiger partial charge is 0.496 e. The smallest absolute Gasteiger partial charge is 0.127 e. The molecule has 0 saturated carbocycles. The van der Waals surface area contributed by atoms with E-state index in [4.69, 9.17) is 15.3 Å². The predicted octanol–water partition coefficient (Wildman–Crippen LogP) is 2.59. The second kappa shape index (κ2) is 7.06. The third kappa shape index (κ3) is 3.51. The Bertz CT molecular complexity index is 565. The van der Waals surface area contributed by atoms with Gasteiger partial charge in [0.25, 0.3) is 0 Å². The van der Waals surface area contributed by atoms with Crippen LogP contribution in [-0.4, -0.2) is 14.2 Å². The summed E-state index contributed by atoms with van der Waals surface area (Å²) in [6.45, 7) is 0. The summed E-state index contributed by atoms with van der Waals surface area (Å²) in [4.78, 5) is 0. The van der Waals surface area contributed by atoms with Crippen molar-refractivity contribution in [2.24, 2.45) is 5.84 Å². The Morgan fingerprint density at radius 3 is 2.10 bits per heavy atom. The molecular weight excluding hydrogens is 271 g/mol. The molecule has 3 N–H and O–H groups in total. The van der Waals surface area contributed by atoms with Crippen LogP contribution in [0.2, 0.25) is 0 Å². The highest BCUT2D eigenvalue weighted by atomic mass is 19.1. The van der Waals surface area contributed by atoms with Crippen LogP contribution in [0.1, 0.15) is 17.2 Å². The molecule has 1 unspecified atom stereocenters. The van der Waals surface area contributed by atoms with Crippen molar-refractivity contribution in [2.75, 3.05) is 14.2 Å². The van der Waals surface area contributed by atoms with Crippen LogP contribution < -0.4 is 20.7 Å². The molecule has 2 rings (SSSR count). The van der Waals surface area contributed by atoms with Crippen molar-refractivity contribution in [3.8, 4) is 11.5 Å². The fourth-order valence-electron chi connectivity index (χ4n) is 2.32. The molecule has 0 radical (unpaired) electrons. The van der Waals surface area contributed by atoms with Crippen molar-refractivity contribution in [1.29, 1.82) is 0 Å². The summed E-state index contributed by atoms with van der Waals surface area (Å²) in [6.07, 6.45) is 0.591. The normalized spacial score (nSPS) is 12.0. The Morgan fingerprint density at radius 2 is 1.62 bits per heavy atom. The molecule has 1 atom stereocenters. The lowest BCUT2D eigenvalue weighted by molar-refractivity contribution is 0.370. The Kier molecular flexibility index (Phi) is 5.14. The molecule has 0 aliphatic rings. The number of hydrazine groups is 1. The van der Waals surface area contributed by atoms with Crippen LogP contribution in [0.15, 0.2) is 42.5 Å². The van der Waals surface area contributed by atoms with Gasteiger partial charge in [-0.2, -0.15) is 0 Å². The summed E-state index contributed by atoms with van der Waals surface area (Å²) in [5.74, 6) is 6.82. The summed E-state index contributed by atoms with van der Waals surface area (Å²) >= 11 is 0. The SMILES string of the molecule is COc1cccc(OC)c1C(Cc1ccc(F)cc1)NN. The predicted molar refractivity (Wildman–Crippen MR) is 79.7 cm³/mol. The molecule has 0 aromatic heterocycles. The van der Waals surface area contributed by atoms with Crippen LogP contribution >= 0.6 is 0 Å². The quantitative estimate of drug-likeness (QED) is 0.634. The molecule has 0 aliphatic carbocycles. The van der Waals surface area contributed by atoms with Gasteiger partial charge in [-0.05, 0) is 36.2 Å². The van der Waals surface area contributed by atoms with Gasteiger partial charge >= 0.3 is 0 Å². The molecule has 2 aromatic rings. The van der Waals surface area contributed by atoms with Gasteiger partial charge in [0, 0.05) is 0 Å². The first-order valence-corrected chi connectivity index (χ1v) is 6.61. The maximum Gasteiger partial charge on any atom is 0.127 e. The molecule has 0 saturated heterocycles.